The summed E-state index contributed by atoms with van der Waals surface area (Å²) < 4.78 is 0. The van der Waals surface area contributed by atoms with Gasteiger partial charge in [0.1, 0.15) is 0 Å². The number of nitrogens with one attached hydrogen (secondary N) is 1. The molecule has 1 aromatic rings. The quantitative estimate of drug-likeness (QED) is 0.378. The van der Waals surface area contributed by atoms with Crippen LogP contribution < -0.4 is 11.2 Å². The van der Waals surface area contributed by atoms with E-state index in [9.17, 15) is 0 Å². The number of nitrogens with two attached hydrogens (primary N) is 1. The fraction of sp³-hybridized carbons (Fsp3) is 0.300. The summed E-state index contributed by atoms with van der Waals surface area (Å²) in [7, 11) is 0. The average molecular weight is 193 g/mol. The van der Waals surface area contributed by atoms with E-state index in [-0.39, 0.29) is 5.96 Å². The second kappa shape index (κ2) is 4.62. The van der Waals surface area contributed by atoms with Gasteiger partial charge in [0, 0.05) is 0 Å². The molecule has 0 unspecified atom stereocenters. The van der Waals surface area contributed by atoms with Crippen LogP contribution in [0.2, 0.25) is 0 Å². The van der Waals surface area contributed by atoms with Gasteiger partial charge in [0.05, 0.1) is 5.69 Å². The standard InChI is InChI=1S/C10H15N3O/c1-3-8-6-9(5-4-7(8)2)12-10(11)13-14/h4-6,14H,3H2,1-2H3,(H3,11,12,13). The van der Waals surface area contributed by atoms with Crippen molar-refractivity contribution in [3.63, 3.8) is 0 Å². The van der Waals surface area contributed by atoms with Crippen LogP contribution in [0.1, 0.15) is 18.1 Å². The first-order valence-electron chi connectivity index (χ1n) is 4.51. The lowest BCUT2D eigenvalue weighted by Gasteiger charge is -2.04. The van der Waals surface area contributed by atoms with Crippen LogP contribution in [-0.2, 0) is 6.42 Å². The maximum absolute atomic E-state index is 8.47. The fourth-order valence-corrected chi connectivity index (χ4v) is 1.27. The van der Waals surface area contributed by atoms with Crippen LogP contribution in [0.15, 0.2) is 23.2 Å². The first-order valence-corrected chi connectivity index (χ1v) is 4.51. The van der Waals surface area contributed by atoms with Crippen LogP contribution in [0.5, 0.6) is 0 Å². The number of hydrogen-bond acceptors (Lipinski definition) is 2. The molecule has 4 N–H and O–H groups in total. The monoisotopic (exact) mass is 193 g/mol. The van der Waals surface area contributed by atoms with Crippen LogP contribution in [-0.4, -0.2) is 11.2 Å². The molecule has 0 aliphatic rings. The molecule has 76 valence electrons. The van der Waals surface area contributed by atoms with Gasteiger partial charge in [-0.05, 0) is 36.6 Å². The van der Waals surface area contributed by atoms with E-state index in [1.165, 1.54) is 11.1 Å². The first-order chi connectivity index (χ1) is 6.67. The SMILES string of the molecule is CCc1cc(N=C(N)NO)ccc1C. The van der Waals surface area contributed by atoms with E-state index in [0.29, 0.717) is 0 Å². The molecule has 0 aromatic heterocycles. The molecule has 0 spiro atoms. The number of hydroxylamine groups is 1. The molecule has 0 aliphatic heterocycles. The lowest BCUT2D eigenvalue weighted by molar-refractivity contribution is 0.233. The zero-order valence-corrected chi connectivity index (χ0v) is 8.41. The molecule has 0 amide bonds. The summed E-state index contributed by atoms with van der Waals surface area (Å²) in [6, 6.07) is 5.81. The van der Waals surface area contributed by atoms with Crippen LogP contribution in [0.3, 0.4) is 0 Å². The smallest absolute Gasteiger partial charge is 0.218 e. The molecule has 0 bridgehead atoms. The van der Waals surface area contributed by atoms with Crippen molar-refractivity contribution in [3.8, 4) is 0 Å². The summed E-state index contributed by atoms with van der Waals surface area (Å²) >= 11 is 0. The molecule has 4 heteroatoms. The first kappa shape index (κ1) is 10.5. The Labute approximate surface area is 83.4 Å². The summed E-state index contributed by atoms with van der Waals surface area (Å²) in [5.74, 6) is -0.00379. The Hall–Kier alpha value is -1.55. The van der Waals surface area contributed by atoms with Crippen molar-refractivity contribution >= 4 is 11.6 Å². The van der Waals surface area contributed by atoms with Crippen molar-refractivity contribution in [1.82, 2.24) is 5.48 Å². The van der Waals surface area contributed by atoms with E-state index in [2.05, 4.69) is 18.8 Å². The molecule has 0 fully saturated rings. The third-order valence-corrected chi connectivity index (χ3v) is 2.08. The van der Waals surface area contributed by atoms with Gasteiger partial charge in [-0.1, -0.05) is 13.0 Å². The van der Waals surface area contributed by atoms with Crippen molar-refractivity contribution in [2.75, 3.05) is 0 Å². The highest BCUT2D eigenvalue weighted by Gasteiger charge is 1.98. The molecule has 14 heavy (non-hydrogen) atoms. The predicted molar refractivity (Wildman–Crippen MR) is 56.8 cm³/mol. The largest absolute Gasteiger partial charge is 0.368 e. The molecule has 1 rings (SSSR count). The van der Waals surface area contributed by atoms with Crippen LogP contribution in [0.25, 0.3) is 0 Å². The van der Waals surface area contributed by atoms with Gasteiger partial charge in [-0.3, -0.25) is 5.21 Å². The Kier molecular flexibility index (Phi) is 3.48. The van der Waals surface area contributed by atoms with Crippen molar-refractivity contribution < 1.29 is 5.21 Å². The van der Waals surface area contributed by atoms with Gasteiger partial charge in [0.2, 0.25) is 5.96 Å². The normalized spacial score (nSPS) is 11.5. The second-order valence-electron chi connectivity index (χ2n) is 3.07. The number of benzene rings is 1. The van der Waals surface area contributed by atoms with Crippen LogP contribution >= 0.6 is 0 Å². The lowest BCUT2D eigenvalue weighted by atomic mass is 10.1. The van der Waals surface area contributed by atoms with E-state index >= 15 is 0 Å². The summed E-state index contributed by atoms with van der Waals surface area (Å²) in [6.45, 7) is 4.14. The van der Waals surface area contributed by atoms with E-state index in [1.54, 1.807) is 5.48 Å². The van der Waals surface area contributed by atoms with Crippen molar-refractivity contribution in [2.24, 2.45) is 10.7 Å². The van der Waals surface area contributed by atoms with Gasteiger partial charge >= 0.3 is 0 Å². The van der Waals surface area contributed by atoms with Gasteiger partial charge in [-0.2, -0.15) is 0 Å². The minimum Gasteiger partial charge on any atom is -0.368 e. The molecule has 0 saturated carbocycles. The van der Waals surface area contributed by atoms with E-state index in [1.807, 2.05) is 18.2 Å². The van der Waals surface area contributed by atoms with Crippen molar-refractivity contribution in [3.05, 3.63) is 29.3 Å². The molecule has 1 aromatic carbocycles. The van der Waals surface area contributed by atoms with Gasteiger partial charge in [0.15, 0.2) is 0 Å². The molecule has 0 aliphatic carbocycles. The van der Waals surface area contributed by atoms with E-state index in [4.69, 9.17) is 10.9 Å². The molecule has 4 nitrogen and oxygen atoms in total. The number of hydrogen-bond donors (Lipinski definition) is 3. The maximum Gasteiger partial charge on any atom is 0.218 e. The number of aliphatic imine (C=N–C) groups is 1. The van der Waals surface area contributed by atoms with Gasteiger partial charge in [0.25, 0.3) is 0 Å². The fourth-order valence-electron chi connectivity index (χ4n) is 1.27. The average Bonchev–Trinajstić information content (AvgIpc) is 2.20. The van der Waals surface area contributed by atoms with Gasteiger partial charge in [-0.15, -0.1) is 0 Å². The van der Waals surface area contributed by atoms with Gasteiger partial charge < -0.3 is 5.73 Å². The topological polar surface area (TPSA) is 70.6 Å². The van der Waals surface area contributed by atoms with Crippen LogP contribution in [0.4, 0.5) is 5.69 Å². The molecular weight excluding hydrogens is 178 g/mol. The highest BCUT2D eigenvalue weighted by molar-refractivity contribution is 5.79. The number of rotatable bonds is 2. The zero-order chi connectivity index (χ0) is 10.6. The van der Waals surface area contributed by atoms with Crippen molar-refractivity contribution in [2.45, 2.75) is 20.3 Å². The maximum atomic E-state index is 8.47. The lowest BCUT2D eigenvalue weighted by Crippen LogP contribution is -2.27. The number of nitrogens with zero attached hydrogens (tertiary/aromatic N) is 1. The zero-order valence-electron chi connectivity index (χ0n) is 8.41. The third kappa shape index (κ3) is 2.47. The van der Waals surface area contributed by atoms with E-state index in [0.717, 1.165) is 12.1 Å². The van der Waals surface area contributed by atoms with Crippen molar-refractivity contribution in [1.29, 1.82) is 0 Å². The highest BCUT2D eigenvalue weighted by atomic mass is 16.5. The highest BCUT2D eigenvalue weighted by Crippen LogP contribution is 2.18. The second-order valence-corrected chi connectivity index (χ2v) is 3.07. The minimum absolute atomic E-state index is 0.00379. The summed E-state index contributed by atoms with van der Waals surface area (Å²) in [6.07, 6.45) is 0.960. The molecule has 0 atom stereocenters. The van der Waals surface area contributed by atoms with Gasteiger partial charge in [-0.25, -0.2) is 10.5 Å². The molecular formula is C10H15N3O. The summed E-state index contributed by atoms with van der Waals surface area (Å²) in [5, 5.41) is 8.47. The minimum atomic E-state index is -0.00379. The third-order valence-electron chi connectivity index (χ3n) is 2.08. The summed E-state index contributed by atoms with van der Waals surface area (Å²) in [4.78, 5) is 3.96. The molecule has 0 saturated heterocycles. The Morgan fingerprint density at radius 2 is 2.29 bits per heavy atom. The van der Waals surface area contributed by atoms with Crippen LogP contribution in [0, 0.1) is 6.92 Å². The number of guanidine groups is 1. The number of aryl methyl sites for hydroxylation is 2. The van der Waals surface area contributed by atoms with E-state index < -0.39 is 0 Å². The Balaban J connectivity index is 3.01. The molecule has 0 heterocycles. The molecule has 0 radical (unpaired) electrons. The summed E-state index contributed by atoms with van der Waals surface area (Å²) in [5.41, 5.74) is 10.3. The Bertz CT molecular complexity index is 347. The Morgan fingerprint density at radius 1 is 1.57 bits per heavy atom. The predicted octanol–water partition coefficient (Wildman–Crippen LogP) is 1.48. The Morgan fingerprint density at radius 3 is 2.86 bits per heavy atom.